The molecule has 1 aliphatic carbocycles. The average Bonchev–Trinajstić information content (AvgIpc) is 2.86. The van der Waals surface area contributed by atoms with Gasteiger partial charge in [-0.2, -0.15) is 0 Å². The van der Waals surface area contributed by atoms with E-state index in [9.17, 15) is 0 Å². The highest BCUT2D eigenvalue weighted by atomic mass is 28.3. The van der Waals surface area contributed by atoms with E-state index < -0.39 is 8.07 Å². The quantitative estimate of drug-likeness (QED) is 0.688. The van der Waals surface area contributed by atoms with Crippen molar-refractivity contribution in [1.82, 2.24) is 4.90 Å². The van der Waals surface area contributed by atoms with Crippen molar-refractivity contribution in [1.29, 1.82) is 0 Å². The van der Waals surface area contributed by atoms with Gasteiger partial charge in [-0.3, -0.25) is 4.90 Å². The van der Waals surface area contributed by atoms with E-state index in [1.165, 1.54) is 25.9 Å². The van der Waals surface area contributed by atoms with Gasteiger partial charge in [-0.1, -0.05) is 33.5 Å². The summed E-state index contributed by atoms with van der Waals surface area (Å²) in [6.45, 7) is 14.5. The number of rotatable bonds is 7. The molecule has 2 rings (SSSR count). The summed E-state index contributed by atoms with van der Waals surface area (Å²) in [7, 11) is -1.05. The lowest BCUT2D eigenvalue weighted by molar-refractivity contribution is 0.182. The van der Waals surface area contributed by atoms with Crippen molar-refractivity contribution < 1.29 is 4.42 Å². The van der Waals surface area contributed by atoms with Gasteiger partial charge in [0.2, 0.25) is 0 Å². The first kappa shape index (κ1) is 14.9. The van der Waals surface area contributed by atoms with E-state index >= 15 is 0 Å². The smallest absolute Gasteiger partial charge is 0.103 e. The largest absolute Gasteiger partial charge is 0.469 e. The van der Waals surface area contributed by atoms with Crippen molar-refractivity contribution in [3.63, 3.8) is 0 Å². The van der Waals surface area contributed by atoms with Gasteiger partial charge in [0.25, 0.3) is 0 Å². The fourth-order valence-electron chi connectivity index (χ4n) is 3.84. The molecule has 0 unspecified atom stereocenters. The van der Waals surface area contributed by atoms with Crippen LogP contribution in [0.25, 0.3) is 0 Å². The van der Waals surface area contributed by atoms with Crippen LogP contribution in [0.4, 0.5) is 0 Å². The Labute approximate surface area is 119 Å². The van der Waals surface area contributed by atoms with Crippen LogP contribution in [-0.2, 0) is 6.42 Å². The molecule has 1 aromatic heterocycles. The molecule has 0 spiro atoms. The number of hydrogen-bond donors (Lipinski definition) is 0. The molecule has 0 saturated heterocycles. The van der Waals surface area contributed by atoms with Crippen molar-refractivity contribution in [3.05, 3.63) is 24.2 Å². The minimum absolute atomic E-state index is 0.473. The fraction of sp³-hybridized carbons (Fsp3) is 0.750. The maximum absolute atomic E-state index is 5.52. The maximum atomic E-state index is 5.52. The molecule has 0 aliphatic heterocycles. The normalized spacial score (nSPS) is 26.9. The van der Waals surface area contributed by atoms with E-state index in [0.717, 1.165) is 17.7 Å². The van der Waals surface area contributed by atoms with Crippen molar-refractivity contribution >= 4 is 8.07 Å². The Bertz CT molecular complexity index is 391. The maximum Gasteiger partial charge on any atom is 0.103 e. The van der Waals surface area contributed by atoms with Gasteiger partial charge < -0.3 is 4.42 Å². The second-order valence-electron chi connectivity index (χ2n) is 6.98. The second-order valence-corrected chi connectivity index (χ2v) is 12.4. The first-order valence-electron chi connectivity index (χ1n) is 7.71. The fourth-order valence-corrected chi connectivity index (χ4v) is 6.74. The van der Waals surface area contributed by atoms with Crippen LogP contribution < -0.4 is 0 Å². The average molecular weight is 280 g/mol. The molecule has 2 atom stereocenters. The lowest BCUT2D eigenvalue weighted by Gasteiger charge is -2.34. The van der Waals surface area contributed by atoms with Gasteiger partial charge in [-0.05, 0) is 43.6 Å². The summed E-state index contributed by atoms with van der Waals surface area (Å²) in [6, 6.07) is 4.12. The van der Waals surface area contributed by atoms with Crippen LogP contribution in [0.5, 0.6) is 0 Å². The Morgan fingerprint density at radius 3 is 2.42 bits per heavy atom. The Balaban J connectivity index is 2.08. The van der Waals surface area contributed by atoms with Crippen molar-refractivity contribution in [2.45, 2.75) is 63.8 Å². The molecule has 0 amide bonds. The summed E-state index contributed by atoms with van der Waals surface area (Å²) in [4.78, 5) is 2.71. The molecule has 1 fully saturated rings. The van der Waals surface area contributed by atoms with Gasteiger partial charge >= 0.3 is 0 Å². The van der Waals surface area contributed by atoms with Crippen LogP contribution in [-0.4, -0.2) is 31.6 Å². The molecule has 1 aliphatic rings. The minimum Gasteiger partial charge on any atom is -0.469 e. The molecule has 19 heavy (non-hydrogen) atoms. The summed E-state index contributed by atoms with van der Waals surface area (Å²) < 4.78 is 5.52. The van der Waals surface area contributed by atoms with Crippen LogP contribution >= 0.6 is 0 Å². The van der Waals surface area contributed by atoms with Gasteiger partial charge in [0, 0.05) is 20.0 Å². The molecule has 2 nitrogen and oxygen atoms in total. The van der Waals surface area contributed by atoms with Crippen LogP contribution in [0.2, 0.25) is 25.2 Å². The van der Waals surface area contributed by atoms with E-state index in [0.29, 0.717) is 5.54 Å². The molecule has 0 N–H and O–H groups in total. The minimum atomic E-state index is -1.05. The zero-order chi connectivity index (χ0) is 14.1. The Morgan fingerprint density at radius 2 is 2.00 bits per heavy atom. The number of hydrogen-bond acceptors (Lipinski definition) is 2. The van der Waals surface area contributed by atoms with E-state index in [1.807, 2.05) is 6.07 Å². The van der Waals surface area contributed by atoms with Gasteiger partial charge in [0.1, 0.15) is 5.76 Å². The molecule has 1 aromatic rings. The van der Waals surface area contributed by atoms with Crippen molar-refractivity contribution in [3.8, 4) is 0 Å². The van der Waals surface area contributed by atoms with E-state index in [1.54, 1.807) is 6.26 Å². The van der Waals surface area contributed by atoms with Crippen LogP contribution in [0.15, 0.2) is 22.8 Å². The van der Waals surface area contributed by atoms with E-state index in [-0.39, 0.29) is 0 Å². The lowest BCUT2D eigenvalue weighted by atomic mass is 10.1. The standard InChI is InChI=1S/C16H29NOSi/c1-6-17(7-2)16(13-15(16)19(3,4)5)11-10-14-9-8-12-18-14/h8-9,12,15H,6-7,10-11,13H2,1-5H3/t15-,16+/m0/s1. The third-order valence-electron chi connectivity index (χ3n) is 4.87. The lowest BCUT2D eigenvalue weighted by Crippen LogP contribution is -2.42. The molecule has 0 aromatic carbocycles. The predicted octanol–water partition coefficient (Wildman–Crippen LogP) is 4.40. The van der Waals surface area contributed by atoms with Crippen LogP contribution in [0.3, 0.4) is 0 Å². The molecule has 0 bridgehead atoms. The Hall–Kier alpha value is -0.543. The summed E-state index contributed by atoms with van der Waals surface area (Å²) in [5, 5.41) is 0. The third kappa shape index (κ3) is 2.97. The zero-order valence-corrected chi connectivity index (χ0v) is 14.2. The molecular formula is C16H29NOSi. The first-order chi connectivity index (χ1) is 8.94. The van der Waals surface area contributed by atoms with Gasteiger partial charge in [-0.15, -0.1) is 0 Å². The third-order valence-corrected chi connectivity index (χ3v) is 7.70. The number of nitrogens with zero attached hydrogens (tertiary/aromatic N) is 1. The van der Waals surface area contributed by atoms with Gasteiger partial charge in [-0.25, -0.2) is 0 Å². The number of aryl methyl sites for hydroxylation is 1. The molecule has 0 radical (unpaired) electrons. The zero-order valence-electron chi connectivity index (χ0n) is 13.2. The molecule has 3 heteroatoms. The predicted molar refractivity (Wildman–Crippen MR) is 84.4 cm³/mol. The topological polar surface area (TPSA) is 16.4 Å². The van der Waals surface area contributed by atoms with E-state index in [2.05, 4.69) is 44.5 Å². The first-order valence-corrected chi connectivity index (χ1v) is 11.3. The van der Waals surface area contributed by atoms with Gasteiger partial charge in [0.05, 0.1) is 6.26 Å². The SMILES string of the molecule is CCN(CC)[C@]1(CCc2ccco2)C[C@@H]1[Si](C)(C)C. The Kier molecular flexibility index (Phi) is 4.26. The highest BCUT2D eigenvalue weighted by Crippen LogP contribution is 2.61. The van der Waals surface area contributed by atoms with Crippen molar-refractivity contribution in [2.24, 2.45) is 0 Å². The molecule has 1 heterocycles. The Morgan fingerprint density at radius 1 is 1.32 bits per heavy atom. The summed E-state index contributed by atoms with van der Waals surface area (Å²) in [5.41, 5.74) is 1.43. The van der Waals surface area contributed by atoms with Crippen LogP contribution in [0, 0.1) is 0 Å². The summed E-state index contributed by atoms with van der Waals surface area (Å²) >= 11 is 0. The summed E-state index contributed by atoms with van der Waals surface area (Å²) in [6.07, 6.45) is 5.55. The number of furan rings is 1. The molecule has 1 saturated carbocycles. The monoisotopic (exact) mass is 279 g/mol. The highest BCUT2D eigenvalue weighted by molar-refractivity contribution is 6.78. The van der Waals surface area contributed by atoms with Crippen LogP contribution in [0.1, 0.15) is 32.4 Å². The van der Waals surface area contributed by atoms with Gasteiger partial charge in [0.15, 0.2) is 0 Å². The highest BCUT2D eigenvalue weighted by Gasteiger charge is 2.61. The second kappa shape index (κ2) is 5.45. The van der Waals surface area contributed by atoms with E-state index in [4.69, 9.17) is 4.42 Å². The van der Waals surface area contributed by atoms with Crippen molar-refractivity contribution in [2.75, 3.05) is 13.1 Å². The molecule has 108 valence electrons. The molecular weight excluding hydrogens is 250 g/mol. The summed E-state index contributed by atoms with van der Waals surface area (Å²) in [5.74, 6) is 1.15.